The summed E-state index contributed by atoms with van der Waals surface area (Å²) >= 11 is 3.48. The molecule has 0 saturated heterocycles. The summed E-state index contributed by atoms with van der Waals surface area (Å²) in [7, 11) is 0. The molecule has 0 aromatic carbocycles. The molecule has 0 fully saturated rings. The van der Waals surface area contributed by atoms with Gasteiger partial charge in [0.15, 0.2) is 0 Å². The first-order valence-electron chi connectivity index (χ1n) is 4.75. The first kappa shape index (κ1) is 11.7. The number of aromatic nitrogens is 1. The van der Waals surface area contributed by atoms with Gasteiger partial charge in [-0.1, -0.05) is 36.7 Å². The van der Waals surface area contributed by atoms with Crippen LogP contribution in [-0.4, -0.2) is 4.98 Å². The molecular formula is C11H17BrN2. The predicted molar refractivity (Wildman–Crippen MR) is 62.9 cm³/mol. The van der Waals surface area contributed by atoms with Crippen LogP contribution in [0.15, 0.2) is 22.9 Å². The molecule has 0 saturated carbocycles. The number of hydrogen-bond donors (Lipinski definition) is 1. The van der Waals surface area contributed by atoms with E-state index in [4.69, 9.17) is 5.73 Å². The number of nitrogens with two attached hydrogens (primary N) is 1. The minimum Gasteiger partial charge on any atom is -0.324 e. The molecule has 2 N–H and O–H groups in total. The van der Waals surface area contributed by atoms with Gasteiger partial charge in [0, 0.05) is 28.5 Å². The summed E-state index contributed by atoms with van der Waals surface area (Å²) in [5.74, 6) is 0. The average Bonchev–Trinajstić information content (AvgIpc) is 2.01. The molecule has 0 radical (unpaired) electrons. The van der Waals surface area contributed by atoms with Gasteiger partial charge in [-0.2, -0.15) is 0 Å². The zero-order valence-electron chi connectivity index (χ0n) is 8.92. The van der Waals surface area contributed by atoms with Crippen LogP contribution < -0.4 is 5.73 Å². The molecule has 0 aliphatic rings. The molecule has 0 amide bonds. The van der Waals surface area contributed by atoms with Crippen LogP contribution in [0.25, 0.3) is 0 Å². The van der Waals surface area contributed by atoms with Crippen LogP contribution in [0, 0.1) is 5.41 Å². The minimum atomic E-state index is 0.0538. The van der Waals surface area contributed by atoms with Crippen molar-refractivity contribution in [3.8, 4) is 0 Å². The summed E-state index contributed by atoms with van der Waals surface area (Å²) in [4.78, 5) is 4.09. The average molecular weight is 257 g/mol. The van der Waals surface area contributed by atoms with E-state index in [1.54, 1.807) is 6.20 Å². The van der Waals surface area contributed by atoms with Crippen molar-refractivity contribution in [3.05, 3.63) is 28.5 Å². The van der Waals surface area contributed by atoms with E-state index in [0.29, 0.717) is 0 Å². The normalized spacial score (nSPS) is 14.1. The van der Waals surface area contributed by atoms with Gasteiger partial charge in [-0.25, -0.2) is 0 Å². The van der Waals surface area contributed by atoms with E-state index in [1.165, 1.54) is 0 Å². The van der Waals surface area contributed by atoms with Crippen LogP contribution in [0.1, 0.15) is 38.8 Å². The van der Waals surface area contributed by atoms with Crippen molar-refractivity contribution < 1.29 is 0 Å². The quantitative estimate of drug-likeness (QED) is 0.883. The second-order valence-electron chi connectivity index (χ2n) is 4.77. The van der Waals surface area contributed by atoms with Crippen LogP contribution in [0.3, 0.4) is 0 Å². The molecule has 78 valence electrons. The van der Waals surface area contributed by atoms with E-state index in [0.717, 1.165) is 16.5 Å². The summed E-state index contributed by atoms with van der Waals surface area (Å²) in [6.45, 7) is 6.57. The molecule has 3 heteroatoms. The van der Waals surface area contributed by atoms with Crippen LogP contribution in [0.4, 0.5) is 0 Å². The number of nitrogens with zero attached hydrogens (tertiary/aromatic N) is 1. The zero-order chi connectivity index (χ0) is 10.8. The Kier molecular flexibility index (Phi) is 3.67. The number of pyridine rings is 1. The molecule has 1 aromatic heterocycles. The van der Waals surface area contributed by atoms with Crippen LogP contribution >= 0.6 is 15.9 Å². The Labute approximate surface area is 94.0 Å². The summed E-state index contributed by atoms with van der Waals surface area (Å²) < 4.78 is 1.05. The number of rotatable bonds is 2. The Bertz CT molecular complexity index is 304. The second-order valence-corrected chi connectivity index (χ2v) is 5.62. The second kappa shape index (κ2) is 4.41. The maximum atomic E-state index is 6.11. The van der Waals surface area contributed by atoms with E-state index in [9.17, 15) is 0 Å². The standard InChI is InChI=1S/C11H17BrN2/c1-11(2,3)6-10(13)8-7-14-5-4-9(8)12/h4-5,7,10H,6,13H2,1-3H3/t10-/m1/s1. The van der Waals surface area contributed by atoms with E-state index in [2.05, 4.69) is 41.7 Å². The van der Waals surface area contributed by atoms with Gasteiger partial charge >= 0.3 is 0 Å². The molecule has 0 aliphatic carbocycles. The first-order valence-corrected chi connectivity index (χ1v) is 5.54. The summed E-state index contributed by atoms with van der Waals surface area (Å²) in [6, 6.07) is 1.98. The monoisotopic (exact) mass is 256 g/mol. The molecule has 0 unspecified atom stereocenters. The minimum absolute atomic E-state index is 0.0538. The lowest BCUT2D eigenvalue weighted by Crippen LogP contribution is -2.19. The van der Waals surface area contributed by atoms with Crippen molar-refractivity contribution in [1.29, 1.82) is 0 Å². The highest BCUT2D eigenvalue weighted by Crippen LogP contribution is 2.30. The van der Waals surface area contributed by atoms with Crippen LogP contribution in [0.2, 0.25) is 0 Å². The van der Waals surface area contributed by atoms with Gasteiger partial charge < -0.3 is 5.73 Å². The lowest BCUT2D eigenvalue weighted by molar-refractivity contribution is 0.342. The Morgan fingerprint density at radius 2 is 2.14 bits per heavy atom. The van der Waals surface area contributed by atoms with Gasteiger partial charge in [-0.05, 0) is 17.9 Å². The fraction of sp³-hybridized carbons (Fsp3) is 0.545. The molecule has 1 rings (SSSR count). The fourth-order valence-electron chi connectivity index (χ4n) is 1.43. The summed E-state index contributed by atoms with van der Waals surface area (Å²) in [6.07, 6.45) is 4.55. The molecule has 1 aromatic rings. The van der Waals surface area contributed by atoms with Crippen molar-refractivity contribution in [3.63, 3.8) is 0 Å². The summed E-state index contributed by atoms with van der Waals surface area (Å²) in [5.41, 5.74) is 7.44. The van der Waals surface area contributed by atoms with Crippen molar-refractivity contribution in [2.45, 2.75) is 33.2 Å². The number of hydrogen-bond acceptors (Lipinski definition) is 2. The van der Waals surface area contributed by atoms with Crippen molar-refractivity contribution in [2.75, 3.05) is 0 Å². The first-order chi connectivity index (χ1) is 6.40. The third kappa shape index (κ3) is 3.39. The van der Waals surface area contributed by atoms with Crippen LogP contribution in [-0.2, 0) is 0 Å². The largest absolute Gasteiger partial charge is 0.324 e. The molecule has 0 aliphatic heterocycles. The third-order valence-electron chi connectivity index (χ3n) is 2.03. The van der Waals surface area contributed by atoms with Crippen molar-refractivity contribution >= 4 is 15.9 Å². The summed E-state index contributed by atoms with van der Waals surface area (Å²) in [5, 5.41) is 0. The number of halogens is 1. The van der Waals surface area contributed by atoms with Gasteiger partial charge in [0.25, 0.3) is 0 Å². The molecule has 2 nitrogen and oxygen atoms in total. The lowest BCUT2D eigenvalue weighted by Gasteiger charge is -2.23. The van der Waals surface area contributed by atoms with Gasteiger partial charge in [0.05, 0.1) is 0 Å². The van der Waals surface area contributed by atoms with E-state index in [1.807, 2.05) is 12.3 Å². The molecule has 0 bridgehead atoms. The highest BCUT2D eigenvalue weighted by Gasteiger charge is 2.18. The van der Waals surface area contributed by atoms with Gasteiger partial charge in [-0.3, -0.25) is 4.98 Å². The smallest absolute Gasteiger partial charge is 0.0326 e. The van der Waals surface area contributed by atoms with E-state index >= 15 is 0 Å². The Morgan fingerprint density at radius 3 is 2.64 bits per heavy atom. The predicted octanol–water partition coefficient (Wildman–Crippen LogP) is 3.28. The molecule has 0 spiro atoms. The SMILES string of the molecule is CC(C)(C)C[C@@H](N)c1cnccc1Br. The van der Waals surface area contributed by atoms with Gasteiger partial charge in [0.2, 0.25) is 0 Å². The molecular weight excluding hydrogens is 240 g/mol. The van der Waals surface area contributed by atoms with E-state index in [-0.39, 0.29) is 11.5 Å². The van der Waals surface area contributed by atoms with Gasteiger partial charge in [0.1, 0.15) is 0 Å². The Hall–Kier alpha value is -0.410. The Morgan fingerprint density at radius 1 is 1.50 bits per heavy atom. The third-order valence-corrected chi connectivity index (χ3v) is 2.75. The van der Waals surface area contributed by atoms with Crippen molar-refractivity contribution in [1.82, 2.24) is 4.98 Å². The van der Waals surface area contributed by atoms with Crippen LogP contribution in [0.5, 0.6) is 0 Å². The highest BCUT2D eigenvalue weighted by molar-refractivity contribution is 9.10. The topological polar surface area (TPSA) is 38.9 Å². The zero-order valence-corrected chi connectivity index (χ0v) is 10.5. The van der Waals surface area contributed by atoms with E-state index < -0.39 is 0 Å². The maximum Gasteiger partial charge on any atom is 0.0326 e. The van der Waals surface area contributed by atoms with Gasteiger partial charge in [-0.15, -0.1) is 0 Å². The lowest BCUT2D eigenvalue weighted by atomic mass is 9.86. The Balaban J connectivity index is 2.80. The highest BCUT2D eigenvalue weighted by atomic mass is 79.9. The maximum absolute atomic E-state index is 6.11. The molecule has 1 heterocycles. The molecule has 14 heavy (non-hydrogen) atoms. The molecule has 1 atom stereocenters. The van der Waals surface area contributed by atoms with Crippen molar-refractivity contribution in [2.24, 2.45) is 11.1 Å². The fourth-order valence-corrected chi connectivity index (χ4v) is 1.95.